The third-order valence-corrected chi connectivity index (χ3v) is 9.67. The normalized spacial score (nSPS) is 12.5. The van der Waals surface area contributed by atoms with Crippen molar-refractivity contribution >= 4 is 27.5 Å². The van der Waals surface area contributed by atoms with Crippen molar-refractivity contribution < 1.29 is 27.1 Å². The summed E-state index contributed by atoms with van der Waals surface area (Å²) in [7, 11) is -4.32. The van der Waals surface area contributed by atoms with E-state index in [0.29, 0.717) is 6.42 Å². The van der Waals surface area contributed by atoms with Crippen molar-refractivity contribution in [2.75, 3.05) is 17.5 Å². The molecule has 0 radical (unpaired) electrons. The number of para-hydroxylation sites is 2. The smallest absolute Gasteiger partial charge is 0.264 e. The molecule has 0 aromatic heterocycles. The summed E-state index contributed by atoms with van der Waals surface area (Å²) in [6, 6.07) is 26.9. The van der Waals surface area contributed by atoms with Crippen LogP contribution in [0.4, 0.5) is 10.1 Å². The van der Waals surface area contributed by atoms with Gasteiger partial charge in [0.1, 0.15) is 24.2 Å². The third kappa shape index (κ3) is 8.98. The van der Waals surface area contributed by atoms with Crippen LogP contribution in [0.2, 0.25) is 0 Å². The van der Waals surface area contributed by atoms with E-state index >= 15 is 4.39 Å². The first-order chi connectivity index (χ1) is 22.5. The van der Waals surface area contributed by atoms with Crippen molar-refractivity contribution in [1.29, 1.82) is 0 Å². The van der Waals surface area contributed by atoms with Crippen molar-refractivity contribution in [3.05, 3.63) is 126 Å². The number of sulfonamides is 1. The summed E-state index contributed by atoms with van der Waals surface area (Å²) in [4.78, 5) is 29.8. The van der Waals surface area contributed by atoms with Gasteiger partial charge in [-0.25, -0.2) is 12.8 Å². The Morgan fingerprint density at radius 3 is 2.17 bits per heavy atom. The summed E-state index contributed by atoms with van der Waals surface area (Å²) in [5.74, 6) is -1.38. The molecule has 0 aliphatic rings. The molecule has 0 saturated heterocycles. The first kappa shape index (κ1) is 35.2. The molecule has 8 nitrogen and oxygen atoms in total. The second-order valence-electron chi connectivity index (χ2n) is 11.4. The number of rotatable bonds is 15. The first-order valence-electron chi connectivity index (χ1n) is 15.7. The van der Waals surface area contributed by atoms with E-state index in [4.69, 9.17) is 4.74 Å². The molecule has 2 amide bonds. The summed E-state index contributed by atoms with van der Waals surface area (Å²) < 4.78 is 50.5. The second kappa shape index (κ2) is 16.2. The van der Waals surface area contributed by atoms with Gasteiger partial charge in [0.2, 0.25) is 11.8 Å². The Labute approximate surface area is 277 Å². The minimum atomic E-state index is -4.32. The number of nitrogens with one attached hydrogen (secondary N) is 1. The Kier molecular flexibility index (Phi) is 12.1. The maximum Gasteiger partial charge on any atom is 0.264 e. The summed E-state index contributed by atoms with van der Waals surface area (Å²) in [6.07, 6.45) is 0.783. The molecule has 47 heavy (non-hydrogen) atoms. The van der Waals surface area contributed by atoms with Crippen LogP contribution in [0.25, 0.3) is 0 Å². The van der Waals surface area contributed by atoms with E-state index in [9.17, 15) is 18.0 Å². The van der Waals surface area contributed by atoms with Gasteiger partial charge in [-0.15, -0.1) is 0 Å². The number of benzene rings is 4. The lowest BCUT2D eigenvalue weighted by Gasteiger charge is -2.34. The number of halogens is 1. The highest BCUT2D eigenvalue weighted by Crippen LogP contribution is 2.33. The predicted octanol–water partition coefficient (Wildman–Crippen LogP) is 6.28. The molecular weight excluding hydrogens is 617 g/mol. The topological polar surface area (TPSA) is 96.0 Å². The standard InChI is InChI=1S/C37H42FN3O5S/c1-5-28(4)39-37(43)34(24-29-14-8-7-9-15-29)40(25-30-16-10-11-17-32(30)38)36(42)26-41(33-18-12-13-19-35(33)46-6-2)47(44,45)31-22-20-27(3)21-23-31/h7-23,28,34H,5-6,24-26H2,1-4H3,(H,39,43). The van der Waals surface area contributed by atoms with Gasteiger partial charge < -0.3 is 15.0 Å². The van der Waals surface area contributed by atoms with Gasteiger partial charge in [0.15, 0.2) is 0 Å². The Morgan fingerprint density at radius 2 is 1.51 bits per heavy atom. The van der Waals surface area contributed by atoms with Gasteiger partial charge in [-0.05, 0) is 63.1 Å². The molecule has 1 N–H and O–H groups in total. The zero-order chi connectivity index (χ0) is 34.0. The number of carbonyl (C=O) groups is 2. The molecule has 0 bridgehead atoms. The minimum absolute atomic E-state index is 0.0156. The van der Waals surface area contributed by atoms with Crippen molar-refractivity contribution in [1.82, 2.24) is 10.2 Å². The molecule has 2 atom stereocenters. The lowest BCUT2D eigenvalue weighted by Crippen LogP contribution is -2.54. The van der Waals surface area contributed by atoms with Gasteiger partial charge in [0, 0.05) is 24.6 Å². The Hall–Kier alpha value is -4.70. The Bertz CT molecular complexity index is 1750. The first-order valence-corrected chi connectivity index (χ1v) is 17.2. The van der Waals surface area contributed by atoms with Gasteiger partial charge in [-0.1, -0.05) is 85.3 Å². The maximum atomic E-state index is 15.1. The summed E-state index contributed by atoms with van der Waals surface area (Å²) in [5.41, 5.74) is 2.01. The van der Waals surface area contributed by atoms with Crippen LogP contribution in [-0.4, -0.2) is 50.4 Å². The molecule has 0 aliphatic carbocycles. The number of ether oxygens (including phenoxy) is 1. The van der Waals surface area contributed by atoms with Gasteiger partial charge in [0.05, 0.1) is 17.2 Å². The quantitative estimate of drug-likeness (QED) is 0.162. The van der Waals surface area contributed by atoms with Crippen LogP contribution < -0.4 is 14.4 Å². The lowest BCUT2D eigenvalue weighted by atomic mass is 10.0. The Balaban J connectivity index is 1.85. The molecule has 4 aromatic rings. The van der Waals surface area contributed by atoms with Crippen LogP contribution in [0.5, 0.6) is 5.75 Å². The molecule has 2 unspecified atom stereocenters. The Morgan fingerprint density at radius 1 is 0.872 bits per heavy atom. The number of aryl methyl sites for hydroxylation is 1. The zero-order valence-electron chi connectivity index (χ0n) is 27.2. The summed E-state index contributed by atoms with van der Waals surface area (Å²) in [5, 5.41) is 2.98. The average molecular weight is 660 g/mol. The van der Waals surface area contributed by atoms with Crippen LogP contribution in [0.1, 0.15) is 43.9 Å². The van der Waals surface area contributed by atoms with Crippen LogP contribution >= 0.6 is 0 Å². The fourth-order valence-corrected chi connectivity index (χ4v) is 6.52. The molecule has 248 valence electrons. The van der Waals surface area contributed by atoms with Gasteiger partial charge in [-0.3, -0.25) is 13.9 Å². The van der Waals surface area contributed by atoms with E-state index in [1.165, 1.54) is 23.1 Å². The van der Waals surface area contributed by atoms with E-state index < -0.39 is 40.2 Å². The number of hydrogen-bond donors (Lipinski definition) is 1. The zero-order valence-corrected chi connectivity index (χ0v) is 28.0. The minimum Gasteiger partial charge on any atom is -0.492 e. The number of carbonyl (C=O) groups excluding carboxylic acids is 2. The second-order valence-corrected chi connectivity index (χ2v) is 13.2. The molecule has 0 aliphatic heterocycles. The fourth-order valence-electron chi connectivity index (χ4n) is 5.10. The van der Waals surface area contributed by atoms with Crippen LogP contribution in [0.15, 0.2) is 108 Å². The largest absolute Gasteiger partial charge is 0.492 e. The van der Waals surface area contributed by atoms with Gasteiger partial charge >= 0.3 is 0 Å². The van der Waals surface area contributed by atoms with Crippen molar-refractivity contribution in [3.63, 3.8) is 0 Å². The molecular formula is C37H42FN3O5S. The van der Waals surface area contributed by atoms with Gasteiger partial charge in [-0.2, -0.15) is 0 Å². The molecule has 10 heteroatoms. The van der Waals surface area contributed by atoms with Crippen molar-refractivity contribution in [2.24, 2.45) is 0 Å². The van der Waals surface area contributed by atoms with E-state index in [1.54, 1.807) is 61.5 Å². The number of nitrogens with zero attached hydrogens (tertiary/aromatic N) is 2. The number of hydrogen-bond acceptors (Lipinski definition) is 5. The molecule has 0 spiro atoms. The monoisotopic (exact) mass is 659 g/mol. The van der Waals surface area contributed by atoms with Crippen LogP contribution in [0, 0.1) is 12.7 Å². The molecule has 0 fully saturated rings. The maximum absolute atomic E-state index is 15.1. The SMILES string of the molecule is CCOc1ccccc1N(CC(=O)N(Cc1ccccc1F)C(Cc1ccccc1)C(=O)NC(C)CC)S(=O)(=O)c1ccc(C)cc1. The molecule has 4 rings (SSSR count). The predicted molar refractivity (Wildman–Crippen MR) is 182 cm³/mol. The highest BCUT2D eigenvalue weighted by molar-refractivity contribution is 7.92. The van der Waals surface area contributed by atoms with E-state index in [2.05, 4.69) is 5.32 Å². The highest BCUT2D eigenvalue weighted by Gasteiger charge is 2.36. The van der Waals surface area contributed by atoms with Crippen molar-refractivity contribution in [2.45, 2.75) is 64.1 Å². The lowest BCUT2D eigenvalue weighted by molar-refractivity contribution is -0.140. The molecule has 0 saturated carbocycles. The fraction of sp³-hybridized carbons (Fsp3) is 0.297. The number of anilines is 1. The molecule has 0 heterocycles. The van der Waals surface area contributed by atoms with Gasteiger partial charge in [0.25, 0.3) is 10.0 Å². The van der Waals surface area contributed by atoms with Crippen LogP contribution in [0.3, 0.4) is 0 Å². The highest BCUT2D eigenvalue weighted by atomic mass is 32.2. The van der Waals surface area contributed by atoms with Crippen molar-refractivity contribution in [3.8, 4) is 5.75 Å². The summed E-state index contributed by atoms with van der Waals surface area (Å²) >= 11 is 0. The van der Waals surface area contributed by atoms with Crippen LogP contribution in [-0.2, 0) is 32.6 Å². The number of amides is 2. The van der Waals surface area contributed by atoms with E-state index in [1.807, 2.05) is 51.1 Å². The van der Waals surface area contributed by atoms with E-state index in [0.717, 1.165) is 15.4 Å². The average Bonchev–Trinajstić information content (AvgIpc) is 3.07. The van der Waals surface area contributed by atoms with E-state index in [-0.39, 0.29) is 47.5 Å². The molecule has 4 aromatic carbocycles. The third-order valence-electron chi connectivity index (χ3n) is 7.89. The summed E-state index contributed by atoms with van der Waals surface area (Å²) in [6.45, 7) is 6.75.